The summed E-state index contributed by atoms with van der Waals surface area (Å²) in [7, 11) is 0. The second-order valence-corrected chi connectivity index (χ2v) is 15.4. The molecule has 59 heavy (non-hydrogen) atoms. The summed E-state index contributed by atoms with van der Waals surface area (Å²) in [6.45, 7) is 0. The first-order chi connectivity index (χ1) is 31.3. The highest BCUT2D eigenvalue weighted by molar-refractivity contribution is 6.15. The summed E-state index contributed by atoms with van der Waals surface area (Å²) in [6.07, 6.45) is 0. The van der Waals surface area contributed by atoms with Crippen molar-refractivity contribution in [3.8, 4) is 67.4 Å². The van der Waals surface area contributed by atoms with Crippen molar-refractivity contribution in [2.75, 3.05) is 4.90 Å². The van der Waals surface area contributed by atoms with E-state index >= 15 is 0 Å². The SMILES string of the molecule is [2H]c1c([2H])c([2H])c(N(c2ccc3c(c2)C2(c4ccccc4-c4ccccc42)c2ccccc2-3)c2cc3c4c(cccc4c2)-c2oc(-c4ccccc4-c4ccccc4)nc2-3)c([2H])c1[2H]. The Kier molecular flexibility index (Phi) is 5.71. The van der Waals surface area contributed by atoms with Gasteiger partial charge >= 0.3 is 0 Å². The Hall–Kier alpha value is -7.75. The Morgan fingerprint density at radius 3 is 1.73 bits per heavy atom. The summed E-state index contributed by atoms with van der Waals surface area (Å²) in [6, 6.07) is 58.8. The number of hydrogen-bond acceptors (Lipinski definition) is 3. The Balaban J connectivity index is 1.07. The highest BCUT2D eigenvalue weighted by Crippen LogP contribution is 2.63. The van der Waals surface area contributed by atoms with E-state index < -0.39 is 23.5 Å². The van der Waals surface area contributed by atoms with Crippen LogP contribution in [0.2, 0.25) is 0 Å². The summed E-state index contributed by atoms with van der Waals surface area (Å²) in [5, 5.41) is 1.89. The minimum Gasteiger partial charge on any atom is -0.435 e. The summed E-state index contributed by atoms with van der Waals surface area (Å²) in [5.41, 5.74) is 15.3. The molecule has 3 aliphatic rings. The average Bonchev–Trinajstić information content (AvgIpc) is 4.08. The van der Waals surface area contributed by atoms with E-state index in [1.165, 1.54) is 27.8 Å². The van der Waals surface area contributed by atoms with E-state index in [1.54, 1.807) is 0 Å². The van der Waals surface area contributed by atoms with Crippen LogP contribution in [-0.4, -0.2) is 4.98 Å². The second-order valence-electron chi connectivity index (χ2n) is 15.4. The van der Waals surface area contributed by atoms with Crippen LogP contribution in [-0.2, 0) is 5.41 Å². The lowest BCUT2D eigenvalue weighted by molar-refractivity contribution is 0.590. The normalized spacial score (nSPS) is 14.4. The van der Waals surface area contributed by atoms with Crippen LogP contribution < -0.4 is 4.90 Å². The fourth-order valence-corrected chi connectivity index (χ4v) is 10.2. The van der Waals surface area contributed by atoms with Gasteiger partial charge in [-0.25, -0.2) is 4.98 Å². The van der Waals surface area contributed by atoms with Crippen molar-refractivity contribution in [3.63, 3.8) is 0 Å². The van der Waals surface area contributed by atoms with E-state index in [0.29, 0.717) is 28.7 Å². The summed E-state index contributed by atoms with van der Waals surface area (Å²) >= 11 is 0. The highest BCUT2D eigenvalue weighted by Gasteiger charge is 2.51. The number of aromatic nitrogens is 1. The van der Waals surface area contributed by atoms with Gasteiger partial charge in [0.05, 0.1) is 12.3 Å². The van der Waals surface area contributed by atoms with Gasteiger partial charge in [0.15, 0.2) is 5.76 Å². The zero-order chi connectivity index (χ0) is 43.0. The molecule has 0 atom stereocenters. The molecule has 13 rings (SSSR count). The Morgan fingerprint density at radius 1 is 0.441 bits per heavy atom. The van der Waals surface area contributed by atoms with Crippen LogP contribution >= 0.6 is 0 Å². The number of rotatable bonds is 5. The molecule has 3 aliphatic carbocycles. The van der Waals surface area contributed by atoms with Crippen LogP contribution in [0.25, 0.3) is 78.2 Å². The van der Waals surface area contributed by atoms with Crippen LogP contribution in [0.3, 0.4) is 0 Å². The van der Waals surface area contributed by atoms with Crippen molar-refractivity contribution in [2.24, 2.45) is 0 Å². The monoisotopic (exact) mass is 755 g/mol. The molecule has 0 saturated carbocycles. The van der Waals surface area contributed by atoms with Crippen LogP contribution in [0, 0.1) is 0 Å². The van der Waals surface area contributed by atoms with Gasteiger partial charge in [0.25, 0.3) is 0 Å². The summed E-state index contributed by atoms with van der Waals surface area (Å²) in [5.74, 6) is 1.17. The molecule has 274 valence electrons. The standard InChI is InChI=1S/C56H34N2O/c1-3-16-35(17-4-1)40-21-7-8-25-45(40)55-57-53-47-33-39(32-36-18-15-26-46(52(36)47)54(53)59-55)58(37-19-5-2-6-20-37)38-30-31-44-43-24-11-14-29-50(43)56(51(44)34-38)48-27-12-9-22-41(48)42-23-10-13-28-49(42)56/h1-34H/i2D,5D,6D,19D,20D. The van der Waals surface area contributed by atoms with Crippen molar-refractivity contribution >= 4 is 27.8 Å². The lowest BCUT2D eigenvalue weighted by Crippen LogP contribution is -2.26. The number of benzene rings is 9. The van der Waals surface area contributed by atoms with E-state index in [9.17, 15) is 2.74 Å². The largest absolute Gasteiger partial charge is 0.435 e. The van der Waals surface area contributed by atoms with E-state index in [0.717, 1.165) is 55.3 Å². The van der Waals surface area contributed by atoms with Crippen LogP contribution in [0.5, 0.6) is 0 Å². The molecule has 0 N–H and O–H groups in total. The molecule has 0 radical (unpaired) electrons. The molecule has 0 saturated heterocycles. The molecule has 1 aromatic heterocycles. The highest BCUT2D eigenvalue weighted by atomic mass is 16.4. The molecule has 0 aliphatic heterocycles. The van der Waals surface area contributed by atoms with Gasteiger partial charge in [-0.15, -0.1) is 0 Å². The van der Waals surface area contributed by atoms with Crippen LogP contribution in [0.1, 0.15) is 29.1 Å². The molecule has 3 heteroatoms. The third kappa shape index (κ3) is 4.39. The van der Waals surface area contributed by atoms with Gasteiger partial charge in [0, 0.05) is 39.1 Å². The first kappa shape index (κ1) is 27.8. The molecule has 9 aromatic carbocycles. The maximum Gasteiger partial charge on any atom is 0.227 e. The van der Waals surface area contributed by atoms with Crippen LogP contribution in [0.4, 0.5) is 17.1 Å². The minimum atomic E-state index is -0.658. The van der Waals surface area contributed by atoms with Gasteiger partial charge in [-0.3, -0.25) is 0 Å². The maximum absolute atomic E-state index is 9.41. The first-order valence-electron chi connectivity index (χ1n) is 22.4. The third-order valence-electron chi connectivity index (χ3n) is 12.5. The Bertz CT molecular complexity index is 3560. The fourth-order valence-electron chi connectivity index (χ4n) is 10.2. The van der Waals surface area contributed by atoms with Gasteiger partial charge in [0.1, 0.15) is 5.69 Å². The van der Waals surface area contributed by atoms with Gasteiger partial charge in [-0.05, 0) is 103 Å². The summed E-state index contributed by atoms with van der Waals surface area (Å²) in [4.78, 5) is 7.07. The smallest absolute Gasteiger partial charge is 0.227 e. The van der Waals surface area contributed by atoms with Crippen molar-refractivity contribution in [1.29, 1.82) is 0 Å². The molecule has 0 fully saturated rings. The zero-order valence-corrected chi connectivity index (χ0v) is 31.5. The number of nitrogens with zero attached hydrogens (tertiary/aromatic N) is 2. The molecule has 10 aromatic rings. The molecule has 1 spiro atoms. The van der Waals surface area contributed by atoms with Crippen LogP contribution in [0.15, 0.2) is 211 Å². The van der Waals surface area contributed by atoms with Crippen molar-refractivity contribution < 1.29 is 11.3 Å². The molecular weight excluding hydrogens is 717 g/mol. The molecule has 0 unspecified atom stereocenters. The molecule has 0 amide bonds. The predicted octanol–water partition coefficient (Wildman–Crippen LogP) is 14.6. The predicted molar refractivity (Wildman–Crippen MR) is 240 cm³/mol. The van der Waals surface area contributed by atoms with Gasteiger partial charge in [0.2, 0.25) is 5.89 Å². The van der Waals surface area contributed by atoms with Crippen molar-refractivity contribution in [3.05, 3.63) is 228 Å². The second kappa shape index (κ2) is 12.1. The van der Waals surface area contributed by atoms with E-state index in [4.69, 9.17) is 13.5 Å². The van der Waals surface area contributed by atoms with Crippen molar-refractivity contribution in [1.82, 2.24) is 4.98 Å². The lowest BCUT2D eigenvalue weighted by atomic mass is 9.70. The average molecular weight is 756 g/mol. The topological polar surface area (TPSA) is 29.3 Å². The van der Waals surface area contributed by atoms with Gasteiger partial charge in [-0.2, -0.15) is 0 Å². The maximum atomic E-state index is 9.41. The first-order valence-corrected chi connectivity index (χ1v) is 19.9. The molecule has 0 bridgehead atoms. The lowest BCUT2D eigenvalue weighted by Gasteiger charge is -2.32. The minimum absolute atomic E-state index is 0.0567. The summed E-state index contributed by atoms with van der Waals surface area (Å²) < 4.78 is 51.9. The fraction of sp³-hybridized carbons (Fsp3) is 0.0179. The number of para-hydroxylation sites is 1. The van der Waals surface area contributed by atoms with Crippen molar-refractivity contribution in [2.45, 2.75) is 5.41 Å². The molecule has 1 heterocycles. The van der Waals surface area contributed by atoms with Gasteiger partial charge < -0.3 is 9.32 Å². The Labute approximate surface area is 349 Å². The number of oxazole rings is 1. The van der Waals surface area contributed by atoms with E-state index in [1.807, 2.05) is 71.6 Å². The number of anilines is 3. The molecular formula is C56H34N2O. The van der Waals surface area contributed by atoms with E-state index in [-0.39, 0.29) is 17.8 Å². The van der Waals surface area contributed by atoms with Gasteiger partial charge in [-0.1, -0.05) is 164 Å². The quantitative estimate of drug-likeness (QED) is 0.175. The molecule has 3 nitrogen and oxygen atoms in total. The number of fused-ring (bicyclic) bond motifs is 13. The van der Waals surface area contributed by atoms with E-state index in [2.05, 4.69) is 109 Å². The Morgan fingerprint density at radius 2 is 1.03 bits per heavy atom. The number of hydrogen-bond donors (Lipinski definition) is 0. The zero-order valence-electron chi connectivity index (χ0n) is 36.5. The third-order valence-corrected chi connectivity index (χ3v) is 12.5.